The average Bonchev–Trinajstić information content (AvgIpc) is 2.17. The maximum Gasteiger partial charge on any atom is 3.00 e. The van der Waals surface area contributed by atoms with E-state index in [0.29, 0.717) is 0 Å². The predicted molar refractivity (Wildman–Crippen MR) is 103 cm³/mol. The second kappa shape index (κ2) is 86.9. The standard InChI is InChI=1S/4CNS.Ag.Fe.NO3.3H3N.H2O4S/c4*2-1-3;;;2-1(3)4;;;;1-5(2,3)4/h;;;;;;;3*1H3;(H2,1,2,3,4)/q4*-1;+1;+3;-1;;;;/p+1. The van der Waals surface area contributed by atoms with E-state index in [1.54, 1.807) is 0 Å². The molecule has 22 heteroatoms. The molecule has 0 unspecified atom stereocenters. The Kier molecular flexibility index (Phi) is 244. The van der Waals surface area contributed by atoms with Gasteiger partial charge in [-0.1, -0.05) is 48.9 Å². The smallest absolute Gasteiger partial charge is 0.759 e. The zero-order valence-electron chi connectivity index (χ0n) is 12.8. The minimum Gasteiger partial charge on any atom is -0.759 e. The van der Waals surface area contributed by atoms with Crippen molar-refractivity contribution in [2.75, 3.05) is 0 Å². The van der Waals surface area contributed by atoms with E-state index in [-0.39, 0.29) is 57.9 Å². The zero-order chi connectivity index (χ0) is 18.9. The fourth-order valence-corrected chi connectivity index (χ4v) is 0. The largest absolute Gasteiger partial charge is 3.00 e. The van der Waals surface area contributed by atoms with Gasteiger partial charge >= 0.3 is 39.4 Å². The molecule has 12 N–H and O–H groups in total. The van der Waals surface area contributed by atoms with Gasteiger partial charge in [-0.2, -0.15) is 20.6 Å². The Bertz CT molecular complexity index is 423. The summed E-state index contributed by atoms with van der Waals surface area (Å²) in [5.41, 5.74) is 0. The molecule has 0 fully saturated rings. The monoisotopic (exact) mass is 607 g/mol. The van der Waals surface area contributed by atoms with Crippen LogP contribution in [0.15, 0.2) is 0 Å². The first-order valence-electron chi connectivity index (χ1n) is 2.93. The number of hydrogen-bond acceptors (Lipinski definition) is 11. The third-order valence-corrected chi connectivity index (χ3v) is 0. The maximum absolute atomic E-state index is 8.52. The third kappa shape index (κ3) is 33700. The summed E-state index contributed by atoms with van der Waals surface area (Å²) in [4.78, 5) is 8.25. The zero-order valence-corrected chi connectivity index (χ0v) is 19.5. The van der Waals surface area contributed by atoms with Gasteiger partial charge in [0, 0.05) is 10.4 Å². The Morgan fingerprint density at radius 2 is 0.731 bits per heavy atom. The molecule has 0 heterocycles. The SMILES string of the molecule is O=S(=O)([O-])[O-].O=[N+]([O-])[O-].[Ag+].[Fe+3].[N-]=C=S.[N-]=C=S.[N-]=C=S.[N-]=C=S.[NH4+].[NH4+].[NH4+]. The van der Waals surface area contributed by atoms with Gasteiger partial charge in [-0.25, -0.2) is 0 Å². The van der Waals surface area contributed by atoms with Crippen LogP contribution in [0.1, 0.15) is 0 Å². The first-order chi connectivity index (χ1) is 9.39. The van der Waals surface area contributed by atoms with E-state index in [2.05, 4.69) is 48.9 Å². The Morgan fingerprint density at radius 3 is 0.731 bits per heavy atom. The van der Waals surface area contributed by atoms with E-state index in [1.165, 1.54) is 20.6 Å². The van der Waals surface area contributed by atoms with Crippen molar-refractivity contribution in [1.82, 2.24) is 18.5 Å². The summed E-state index contributed by atoms with van der Waals surface area (Å²) in [6.07, 6.45) is 0. The van der Waals surface area contributed by atoms with E-state index in [0.717, 1.165) is 0 Å². The normalized spacial score (nSPS) is 4.38. The van der Waals surface area contributed by atoms with Crippen molar-refractivity contribution in [2.24, 2.45) is 0 Å². The molecule has 0 aliphatic rings. The summed E-state index contributed by atoms with van der Waals surface area (Å²) in [6, 6.07) is 0. The number of hydrogen-bond donors (Lipinski definition) is 3. The summed E-state index contributed by atoms with van der Waals surface area (Å²) >= 11 is 14.8. The van der Waals surface area contributed by atoms with Crippen LogP contribution in [0, 0.1) is 15.3 Å². The van der Waals surface area contributed by atoms with Crippen LogP contribution >= 0.6 is 48.9 Å². The van der Waals surface area contributed by atoms with Gasteiger partial charge in [-0.15, -0.1) is 0 Å². The van der Waals surface area contributed by atoms with Crippen molar-refractivity contribution >= 4 is 79.9 Å². The summed E-state index contributed by atoms with van der Waals surface area (Å²) in [6.45, 7) is 0. The quantitative estimate of drug-likeness (QED) is 0.0680. The third-order valence-electron chi connectivity index (χ3n) is 0. The van der Waals surface area contributed by atoms with Crippen molar-refractivity contribution in [3.05, 3.63) is 37.0 Å². The molecule has 0 rings (SSSR count). The summed E-state index contributed by atoms with van der Waals surface area (Å²) < 4.78 is 34.1. The number of isothiocyanates is 4. The molecule has 1 radical (unpaired) electrons. The van der Waals surface area contributed by atoms with Crippen molar-refractivity contribution in [3.63, 3.8) is 0 Å². The number of nitrogens with zero attached hydrogens (tertiary/aromatic N) is 5. The van der Waals surface area contributed by atoms with Crippen LogP contribution in [0.25, 0.3) is 21.6 Å². The molecular formula is C4H12AgFeN8O7S5. The number of thiocarbonyl (C=S) groups is 4. The van der Waals surface area contributed by atoms with E-state index < -0.39 is 15.5 Å². The molecule has 0 amide bonds. The molecule has 0 aromatic heterocycles. The van der Waals surface area contributed by atoms with Gasteiger partial charge in [-0.3, -0.25) is 8.42 Å². The number of rotatable bonds is 0. The first-order valence-corrected chi connectivity index (χ1v) is 5.89. The van der Waals surface area contributed by atoms with Gasteiger partial charge in [0.2, 0.25) is 0 Å². The Balaban J connectivity index is -0.0000000112. The van der Waals surface area contributed by atoms with Crippen molar-refractivity contribution in [3.8, 4) is 0 Å². The average molecular weight is 608 g/mol. The summed E-state index contributed by atoms with van der Waals surface area (Å²) in [7, 11) is -5.17. The summed E-state index contributed by atoms with van der Waals surface area (Å²) in [5, 5.41) is 48.6. The second-order valence-electron chi connectivity index (χ2n) is 0.997. The van der Waals surface area contributed by atoms with Crippen LogP contribution in [0.2, 0.25) is 0 Å². The molecule has 26 heavy (non-hydrogen) atoms. The minimum absolute atomic E-state index is 0. The molecule has 0 saturated carbocycles. The molecule has 0 aromatic carbocycles. The molecule has 0 aromatic rings. The van der Waals surface area contributed by atoms with Crippen molar-refractivity contribution in [2.45, 2.75) is 0 Å². The minimum atomic E-state index is -5.17. The Morgan fingerprint density at radius 1 is 0.731 bits per heavy atom. The number of quaternary nitrogens is 3. The molecular weight excluding hydrogens is 596 g/mol. The van der Waals surface area contributed by atoms with Crippen LogP contribution in [0.4, 0.5) is 0 Å². The van der Waals surface area contributed by atoms with Gasteiger partial charge in [0.05, 0.1) is 5.09 Å². The molecule has 0 aliphatic heterocycles. The predicted octanol–water partition coefficient (Wildman–Crippen LogP) is 2.18. The van der Waals surface area contributed by atoms with Crippen molar-refractivity contribution < 1.29 is 62.1 Å². The molecule has 0 atom stereocenters. The van der Waals surface area contributed by atoms with E-state index >= 15 is 0 Å². The van der Waals surface area contributed by atoms with Gasteiger partial charge in [0.1, 0.15) is 0 Å². The van der Waals surface area contributed by atoms with Crippen molar-refractivity contribution in [1.29, 1.82) is 0 Å². The topological polar surface area (TPSA) is 345 Å². The van der Waals surface area contributed by atoms with Gasteiger partial charge in [-0.05, 0) is 0 Å². The van der Waals surface area contributed by atoms with Gasteiger partial charge in [0.15, 0.2) is 0 Å². The molecule has 0 bridgehead atoms. The van der Waals surface area contributed by atoms with E-state index in [1.807, 2.05) is 0 Å². The Labute approximate surface area is 196 Å². The fraction of sp³-hybridized carbons (Fsp3) is 0. The van der Waals surface area contributed by atoms with Crippen LogP contribution < -0.4 is 18.5 Å². The molecule has 0 saturated heterocycles. The van der Waals surface area contributed by atoms with Crippen LogP contribution in [-0.2, 0) is 49.8 Å². The molecule has 159 valence electrons. The molecule has 0 spiro atoms. The molecule has 0 aliphatic carbocycles. The molecule has 15 nitrogen and oxygen atoms in total. The van der Waals surface area contributed by atoms with Gasteiger partial charge < -0.3 is 64.5 Å². The van der Waals surface area contributed by atoms with Crippen LogP contribution in [-0.4, -0.2) is 43.3 Å². The van der Waals surface area contributed by atoms with Crippen LogP contribution in [0.3, 0.4) is 0 Å². The van der Waals surface area contributed by atoms with E-state index in [4.69, 9.17) is 54.5 Å². The van der Waals surface area contributed by atoms with Gasteiger partial charge in [0.25, 0.3) is 0 Å². The Hall–Kier alpha value is -0.590. The van der Waals surface area contributed by atoms with E-state index in [9.17, 15) is 0 Å². The maximum atomic E-state index is 8.52. The van der Waals surface area contributed by atoms with Crippen LogP contribution in [0.5, 0.6) is 0 Å². The first kappa shape index (κ1) is 72.9. The fourth-order valence-electron chi connectivity index (χ4n) is 0. The summed E-state index contributed by atoms with van der Waals surface area (Å²) in [5.74, 6) is 0. The second-order valence-corrected chi connectivity index (χ2v) is 2.54.